The van der Waals surface area contributed by atoms with Crippen LogP contribution in [0.1, 0.15) is 5.56 Å². The molecule has 1 aromatic carbocycles. The van der Waals surface area contributed by atoms with Gasteiger partial charge in [0.05, 0.1) is 0 Å². The maximum atomic E-state index is 5.52. The van der Waals surface area contributed by atoms with Crippen LogP contribution in [0.5, 0.6) is 11.8 Å². The molecule has 4 nitrogen and oxygen atoms in total. The fraction of sp³-hybridized carbons (Fsp3) is 0.167. The summed E-state index contributed by atoms with van der Waals surface area (Å²) in [4.78, 5) is 8.28. The molecule has 0 aliphatic carbocycles. The maximum Gasteiger partial charge on any atom is 0.321 e. The molecule has 2 aromatic rings. The summed E-state index contributed by atoms with van der Waals surface area (Å²) in [7, 11) is 1.88. The number of halogens is 1. The van der Waals surface area contributed by atoms with E-state index in [4.69, 9.17) is 4.74 Å². The summed E-state index contributed by atoms with van der Waals surface area (Å²) in [5.41, 5.74) is 1.03. The lowest BCUT2D eigenvalue weighted by atomic mass is 10.3. The van der Waals surface area contributed by atoms with Crippen LogP contribution in [0.15, 0.2) is 36.7 Å². The van der Waals surface area contributed by atoms with Gasteiger partial charge in [-0.3, -0.25) is 0 Å². The molecule has 2 rings (SSSR count). The Morgan fingerprint density at radius 1 is 1.18 bits per heavy atom. The van der Waals surface area contributed by atoms with Crippen molar-refractivity contribution < 1.29 is 4.74 Å². The van der Waals surface area contributed by atoms with E-state index in [1.54, 1.807) is 12.4 Å². The molecule has 1 aromatic heterocycles. The number of ether oxygens (including phenoxy) is 1. The van der Waals surface area contributed by atoms with Crippen LogP contribution in [0.2, 0.25) is 0 Å². The minimum atomic E-state index is 0.367. The third kappa shape index (κ3) is 3.64. The number of rotatable bonds is 4. The average molecular weight is 341 g/mol. The fourth-order valence-electron chi connectivity index (χ4n) is 1.30. The maximum absolute atomic E-state index is 5.52. The van der Waals surface area contributed by atoms with Crippen molar-refractivity contribution in [2.75, 3.05) is 7.05 Å². The zero-order chi connectivity index (χ0) is 12.1. The van der Waals surface area contributed by atoms with Crippen LogP contribution in [-0.4, -0.2) is 17.0 Å². The van der Waals surface area contributed by atoms with Crippen molar-refractivity contribution in [1.82, 2.24) is 15.3 Å². The van der Waals surface area contributed by atoms with E-state index in [0.29, 0.717) is 6.01 Å². The van der Waals surface area contributed by atoms with Crippen LogP contribution < -0.4 is 10.1 Å². The van der Waals surface area contributed by atoms with Crippen molar-refractivity contribution in [1.29, 1.82) is 0 Å². The summed E-state index contributed by atoms with van der Waals surface area (Å²) >= 11 is 2.25. The molecule has 0 aliphatic heterocycles. The van der Waals surface area contributed by atoms with E-state index in [0.717, 1.165) is 17.9 Å². The fourth-order valence-corrected chi connectivity index (χ4v) is 1.66. The normalized spacial score (nSPS) is 10.2. The molecule has 17 heavy (non-hydrogen) atoms. The molecule has 0 bridgehead atoms. The highest BCUT2D eigenvalue weighted by Crippen LogP contribution is 2.18. The third-order valence-corrected chi connectivity index (χ3v) is 2.80. The highest BCUT2D eigenvalue weighted by molar-refractivity contribution is 14.1. The average Bonchev–Trinajstić information content (AvgIpc) is 2.35. The number of aromatic nitrogens is 2. The van der Waals surface area contributed by atoms with Crippen molar-refractivity contribution in [2.24, 2.45) is 0 Å². The van der Waals surface area contributed by atoms with Crippen LogP contribution in [-0.2, 0) is 6.54 Å². The van der Waals surface area contributed by atoms with Gasteiger partial charge in [-0.2, -0.15) is 0 Å². The van der Waals surface area contributed by atoms with E-state index >= 15 is 0 Å². The van der Waals surface area contributed by atoms with Crippen LogP contribution >= 0.6 is 22.6 Å². The summed E-state index contributed by atoms with van der Waals surface area (Å²) < 4.78 is 6.69. The van der Waals surface area contributed by atoms with Crippen molar-refractivity contribution in [3.05, 3.63) is 45.8 Å². The molecule has 0 unspecified atom stereocenters. The highest BCUT2D eigenvalue weighted by Gasteiger charge is 2.00. The number of nitrogens with zero attached hydrogens (tertiary/aromatic N) is 2. The van der Waals surface area contributed by atoms with Crippen LogP contribution in [0.4, 0.5) is 0 Å². The highest BCUT2D eigenvalue weighted by atomic mass is 127. The molecule has 0 saturated carbocycles. The van der Waals surface area contributed by atoms with Gasteiger partial charge in [0, 0.05) is 28.1 Å². The van der Waals surface area contributed by atoms with E-state index in [1.807, 2.05) is 31.3 Å². The SMILES string of the molecule is CNCc1cnc(Oc2ccc(I)cc2)nc1. The molecular weight excluding hydrogens is 329 g/mol. The Kier molecular flexibility index (Phi) is 4.27. The van der Waals surface area contributed by atoms with Crippen LogP contribution in [0, 0.1) is 3.57 Å². The Morgan fingerprint density at radius 2 is 1.82 bits per heavy atom. The standard InChI is InChI=1S/C12H12IN3O/c1-14-6-9-7-15-12(16-8-9)17-11-4-2-10(13)3-5-11/h2-5,7-8,14H,6H2,1H3. The molecule has 5 heteroatoms. The predicted molar refractivity (Wildman–Crippen MR) is 74.0 cm³/mol. The summed E-state index contributed by atoms with van der Waals surface area (Å²) in [5, 5.41) is 3.04. The first-order valence-corrected chi connectivity index (χ1v) is 6.25. The molecule has 0 amide bonds. The van der Waals surface area contributed by atoms with Crippen molar-refractivity contribution in [3.8, 4) is 11.8 Å². The topological polar surface area (TPSA) is 47.0 Å². The molecule has 0 saturated heterocycles. The Morgan fingerprint density at radius 3 is 2.41 bits per heavy atom. The number of benzene rings is 1. The Balaban J connectivity index is 2.05. The summed E-state index contributed by atoms with van der Waals surface area (Å²) in [6, 6.07) is 8.11. The molecular formula is C12H12IN3O. The molecule has 1 heterocycles. The predicted octanol–water partition coefficient (Wildman–Crippen LogP) is 2.59. The lowest BCUT2D eigenvalue weighted by Gasteiger charge is -2.04. The molecule has 0 fully saturated rings. The smallest absolute Gasteiger partial charge is 0.321 e. The monoisotopic (exact) mass is 341 g/mol. The second-order valence-corrected chi connectivity index (χ2v) is 4.71. The first kappa shape index (κ1) is 12.3. The van der Waals surface area contributed by atoms with E-state index < -0.39 is 0 Å². The van der Waals surface area contributed by atoms with Crippen molar-refractivity contribution >= 4 is 22.6 Å². The lowest BCUT2D eigenvalue weighted by molar-refractivity contribution is 0.440. The van der Waals surface area contributed by atoms with Crippen molar-refractivity contribution in [2.45, 2.75) is 6.54 Å². The van der Waals surface area contributed by atoms with Gasteiger partial charge in [0.1, 0.15) is 5.75 Å². The van der Waals surface area contributed by atoms with Gasteiger partial charge < -0.3 is 10.1 Å². The zero-order valence-corrected chi connectivity index (χ0v) is 11.5. The van der Waals surface area contributed by atoms with E-state index in [2.05, 4.69) is 37.9 Å². The molecule has 0 atom stereocenters. The van der Waals surface area contributed by atoms with Gasteiger partial charge in [-0.1, -0.05) is 0 Å². The molecule has 1 N–H and O–H groups in total. The van der Waals surface area contributed by atoms with Gasteiger partial charge in [-0.25, -0.2) is 9.97 Å². The van der Waals surface area contributed by atoms with Gasteiger partial charge in [0.25, 0.3) is 0 Å². The molecule has 88 valence electrons. The van der Waals surface area contributed by atoms with E-state index in [9.17, 15) is 0 Å². The zero-order valence-electron chi connectivity index (χ0n) is 9.35. The first-order valence-electron chi connectivity index (χ1n) is 5.17. The third-order valence-electron chi connectivity index (χ3n) is 2.09. The second-order valence-electron chi connectivity index (χ2n) is 3.46. The second kappa shape index (κ2) is 5.92. The Labute approximate surface area is 114 Å². The van der Waals surface area contributed by atoms with Gasteiger partial charge >= 0.3 is 6.01 Å². The van der Waals surface area contributed by atoms with Gasteiger partial charge in [0.2, 0.25) is 0 Å². The largest absolute Gasteiger partial charge is 0.424 e. The summed E-state index contributed by atoms with van der Waals surface area (Å²) in [5.74, 6) is 0.742. The molecule has 0 radical (unpaired) electrons. The minimum absolute atomic E-state index is 0.367. The number of hydrogen-bond acceptors (Lipinski definition) is 4. The first-order chi connectivity index (χ1) is 8.28. The van der Waals surface area contributed by atoms with E-state index in [-0.39, 0.29) is 0 Å². The number of hydrogen-bond donors (Lipinski definition) is 1. The molecule has 0 aliphatic rings. The number of nitrogens with one attached hydrogen (secondary N) is 1. The Bertz CT molecular complexity index is 470. The van der Waals surface area contributed by atoms with Gasteiger partial charge in [-0.15, -0.1) is 0 Å². The van der Waals surface area contributed by atoms with Crippen molar-refractivity contribution in [3.63, 3.8) is 0 Å². The van der Waals surface area contributed by atoms with Gasteiger partial charge in [0.15, 0.2) is 0 Å². The summed E-state index contributed by atoms with van der Waals surface area (Å²) in [6.07, 6.45) is 3.51. The quantitative estimate of drug-likeness (QED) is 0.869. The minimum Gasteiger partial charge on any atom is -0.424 e. The van der Waals surface area contributed by atoms with Crippen LogP contribution in [0.25, 0.3) is 0 Å². The van der Waals surface area contributed by atoms with Gasteiger partial charge in [-0.05, 0) is 53.9 Å². The Hall–Kier alpha value is -1.21. The van der Waals surface area contributed by atoms with E-state index in [1.165, 1.54) is 3.57 Å². The summed E-state index contributed by atoms with van der Waals surface area (Å²) in [6.45, 7) is 0.754. The van der Waals surface area contributed by atoms with Crippen LogP contribution in [0.3, 0.4) is 0 Å². The molecule has 0 spiro atoms. The lowest BCUT2D eigenvalue weighted by Crippen LogP contribution is -2.06.